The predicted octanol–water partition coefficient (Wildman–Crippen LogP) is -0.285. The van der Waals surface area contributed by atoms with Crippen LogP contribution in [0.1, 0.15) is 80.9 Å². The molecule has 11 aromatic rings. The van der Waals surface area contributed by atoms with Gasteiger partial charge in [-0.25, -0.2) is 58.5 Å². The molecule has 1 atom stereocenters. The Labute approximate surface area is 852 Å². The molecule has 15 rings (SSSR count). The van der Waals surface area contributed by atoms with Crippen molar-refractivity contribution >= 4 is 156 Å². The Kier molecular flexibility index (Phi) is 45.6. The quantitative estimate of drug-likeness (QED) is 0.0315. The monoisotopic (exact) mass is 2140 g/mol. The number of aromatic nitrogens is 15. The fraction of sp³-hybridized carbons (Fsp3) is 0.239. The van der Waals surface area contributed by atoms with Crippen molar-refractivity contribution in [3.8, 4) is 17.5 Å². The van der Waals surface area contributed by atoms with Crippen LogP contribution in [0.2, 0.25) is 0 Å². The van der Waals surface area contributed by atoms with Crippen LogP contribution in [0.15, 0.2) is 220 Å². The number of carbonyl (C=O) groups excluding carboxylic acids is 10. The number of anilines is 1. The highest BCUT2D eigenvalue weighted by Gasteiger charge is 2.26. The molecule has 24 N–H and O–H groups in total. The second-order valence-electron chi connectivity index (χ2n) is 30.2. The normalized spacial score (nSPS) is 12.8. The smallest absolute Gasteiger partial charge is 0.339 e. The predicted molar refractivity (Wildman–Crippen MR) is 536 cm³/mol. The number of hydrogen-bond donors (Lipinski definition) is 22. The van der Waals surface area contributed by atoms with E-state index in [2.05, 4.69) is 108 Å². The Morgan fingerprint density at radius 2 is 1.12 bits per heavy atom. The number of nitrogens with two attached hydrogens (primary N) is 2. The van der Waals surface area contributed by atoms with Crippen LogP contribution < -0.4 is 93.7 Å². The first kappa shape index (κ1) is 119. The Morgan fingerprint density at radius 1 is 0.584 bits per heavy atom. The van der Waals surface area contributed by atoms with Crippen molar-refractivity contribution in [3.63, 3.8) is 0 Å². The number of Topliss-reactive ketones (excluding diaryl/α,β-unsaturated/α-hetero) is 2. The van der Waals surface area contributed by atoms with Crippen molar-refractivity contribution in [1.82, 2.24) is 119 Å². The van der Waals surface area contributed by atoms with Gasteiger partial charge in [-0.3, -0.25) is 120 Å². The highest BCUT2D eigenvalue weighted by atomic mass is 32.2. The summed E-state index contributed by atoms with van der Waals surface area (Å²) in [5.74, 6) is -7.11. The largest absolute Gasteiger partial charge is 0.507 e. The van der Waals surface area contributed by atoms with E-state index in [-0.39, 0.29) is 158 Å². The van der Waals surface area contributed by atoms with E-state index in [1.54, 1.807) is 42.5 Å². The van der Waals surface area contributed by atoms with Crippen molar-refractivity contribution in [2.75, 3.05) is 38.0 Å². The summed E-state index contributed by atoms with van der Waals surface area (Å²) < 4.78 is 5.24. The summed E-state index contributed by atoms with van der Waals surface area (Å²) in [4.78, 5) is 280. The first-order chi connectivity index (χ1) is 70.2. The zero-order valence-corrected chi connectivity index (χ0v) is 82.8. The van der Waals surface area contributed by atoms with Crippen LogP contribution in [0.25, 0.3) is 22.3 Å². The van der Waals surface area contributed by atoms with Crippen molar-refractivity contribution < 1.29 is 108 Å². The molecule has 149 heavy (non-hydrogen) atoms. The number of thioether (sulfide) groups is 1. The summed E-state index contributed by atoms with van der Waals surface area (Å²) >= 11 is 4.87. The van der Waals surface area contributed by atoms with Crippen molar-refractivity contribution in [2.45, 2.75) is 98.9 Å². The molecule has 57 nitrogen and oxygen atoms in total. The van der Waals surface area contributed by atoms with Gasteiger partial charge in [0.05, 0.1) is 99.5 Å². The molecule has 1 unspecified atom stereocenters. The molecule has 2 aromatic carbocycles. The molecule has 4 aliphatic heterocycles. The number of hydrogen-bond acceptors (Lipinski definition) is 37. The van der Waals surface area contributed by atoms with Gasteiger partial charge in [0.2, 0.25) is 47.2 Å². The Bertz CT molecular complexity index is 7420. The summed E-state index contributed by atoms with van der Waals surface area (Å²) in [6.45, 7) is 22.9. The zero-order valence-electron chi connectivity index (χ0n) is 79.5. The van der Waals surface area contributed by atoms with Crippen LogP contribution in [-0.4, -0.2) is 244 Å². The van der Waals surface area contributed by atoms with Crippen LogP contribution in [0.3, 0.4) is 0 Å². The fourth-order valence-electron chi connectivity index (χ4n) is 12.1. The number of carboxylic acid groups (broad SMARTS) is 4. The number of aryl methyl sites for hydroxylation is 2. The van der Waals surface area contributed by atoms with E-state index < -0.39 is 98.4 Å². The molecule has 0 saturated carbocycles. The first-order valence-electron chi connectivity index (χ1n) is 42.7. The minimum Gasteiger partial charge on any atom is -0.507 e. The number of aromatic hydroxyl groups is 3. The summed E-state index contributed by atoms with van der Waals surface area (Å²) in [5.41, 5.74) is 8.29. The standard InChI is InChI=1S/C15H14N2O5.C11H12N2O.C10H10N4O2S.C10H15N3O3.C8H9N5O3.C8H10N4O4.C8H8N4O3.3C6H7NO3S/c1-9-4-5-17(15(22)16-9)8-11(18)6-10-2-3-12(14(20)21)13(19)7-10;1-8-12-10(7-11(14)13-8)9-5-3-2-4-6-9;1-7-2-4-14(10(16)12-7)6-8(15)13-9-11-3-5-17-9;1-3-12(4-2)9(15)7-13-6-5-8(14)11-10(13)16;1-12-7(15)5-6(11-3-10-5)13(8(12)16)2-4(9)14;9-5(13)3-10-7(15)4-12-2-1-6(14)11-8(12)16;1-4(13)2-12-6-5(9-3-10-6)7(14)11-8(12)15;3*1-3-7-6(10)4(11-3)2-5(8)9/h2-5,7,19H,1,6,8H2,(H,16,22)(H,20,21);2-6,10,12H,1,7H2,(H,13,14);2-5H,1,6H2,(H,12,16)(H,11,13,15);5-6H,3-4,7H2,1-2H3,(H,11,14,16);3H,2H2,1H3,(H2,9,14)(H,10,11);1-2H,3-4H2,(H2,9,13)(H,10,15)(H,11,14,16);3H,2H2,1H3,(H,9,10)(H,11,14,15);2*10H,2H2,1H3,(H,8,9);7,10H,1-2H2,(H,8,9). The highest BCUT2D eigenvalue weighted by Crippen LogP contribution is 2.33. The van der Waals surface area contributed by atoms with Crippen molar-refractivity contribution in [2.24, 2.45) is 18.5 Å². The number of aromatic amines is 5. The number of thiazole rings is 3. The number of aliphatic hydroxyl groups excluding tert-OH is 1. The number of allylic oxidation sites excluding steroid dienone is 2. The average molecular weight is 2140 g/mol. The minimum atomic E-state index is -1.24. The highest BCUT2D eigenvalue weighted by molar-refractivity contribution is 8.07. The lowest BCUT2D eigenvalue weighted by atomic mass is 10.0. The van der Waals surface area contributed by atoms with Crippen LogP contribution in [0, 0.1) is 13.8 Å². The van der Waals surface area contributed by atoms with Gasteiger partial charge in [-0.2, -0.15) is 0 Å². The second-order valence-corrected chi connectivity index (χ2v) is 34.9. The maximum absolute atomic E-state index is 12.0. The Morgan fingerprint density at radius 3 is 1.58 bits per heavy atom. The van der Waals surface area contributed by atoms with Gasteiger partial charge in [0.15, 0.2) is 28.1 Å². The minimum absolute atomic E-state index is 0.0163. The number of primary amides is 2. The number of nitrogens with one attached hydrogen (secondary N) is 12. The van der Waals surface area contributed by atoms with E-state index in [0.29, 0.717) is 77.1 Å². The maximum Gasteiger partial charge on any atom is 0.339 e. The number of amides is 10. The maximum atomic E-state index is 12.0. The number of nitrogens with zero attached hydrogens (tertiary/aromatic N) is 13. The number of carbonyl (C=O) groups is 14. The van der Waals surface area contributed by atoms with Gasteiger partial charge < -0.3 is 104 Å². The third-order valence-corrected chi connectivity index (χ3v) is 22.2. The van der Waals surface area contributed by atoms with E-state index in [4.69, 9.17) is 47.2 Å². The van der Waals surface area contributed by atoms with Gasteiger partial charge >= 0.3 is 58.7 Å². The number of urea groups is 2. The first-order valence-corrected chi connectivity index (χ1v) is 46.0. The number of likely N-dealkylation sites (N-methyl/N-ethyl adjacent to an activating group) is 1. The molecule has 4 aliphatic rings. The molecule has 0 spiro atoms. The number of aromatic carboxylic acids is 1. The number of phenols is 1. The van der Waals surface area contributed by atoms with Crippen molar-refractivity contribution in [3.05, 3.63) is 301 Å². The number of benzene rings is 2. The molecular weight excluding hydrogens is 2040 g/mol. The number of rotatable bonds is 27. The number of aliphatic hydroxyl groups is 1. The number of ketones is 2. The fourth-order valence-corrected chi connectivity index (χ4v) is 15.0. The summed E-state index contributed by atoms with van der Waals surface area (Å²) in [6, 6.07) is 15.4. The molecule has 1 fully saturated rings. The number of carboxylic acids is 4. The molecule has 790 valence electrons. The molecule has 13 heterocycles. The Balaban J connectivity index is 0.000000254. The lowest BCUT2D eigenvalue weighted by Gasteiger charge is -2.26. The lowest BCUT2D eigenvalue weighted by Crippen LogP contribution is -2.42. The van der Waals surface area contributed by atoms with Crippen LogP contribution >= 0.6 is 45.8 Å². The van der Waals surface area contributed by atoms with Gasteiger partial charge in [-0.05, 0) is 70.0 Å². The average Bonchev–Trinajstić information content (AvgIpc) is 1.66. The SMILES string of the molecule is C=C1C=CN(CC(=O)Cc2ccc(C(=O)O)c(O)c2)C(=O)N1.C=C1C=CN(CC(=O)Nc2nccs2)C(=O)N1.C=C1NC(=O)CC(c2ccccc2)N1.C=C1NC(O)=C(CC(=O)O)S1.CC(=O)Cn1c(=O)[nH]c(=O)c2[nH]cnc21.CCN(CC)C(=O)Cn1ccc(=O)[nH]c1=O.Cc1nc(O)c(CC(=O)O)s1.Cc1nc(O)c(CC(=O)O)s1.Cn1c(=O)c2[nH]cnc2n(CC(N)=O)c1=O.NC(=O)CNC(=O)Cn1ccc(=O)[nH]c1=O. The number of imidazole rings is 2. The summed E-state index contributed by atoms with van der Waals surface area (Å²) in [7, 11) is 1.32. The van der Waals surface area contributed by atoms with Crippen LogP contribution in [-0.2, 0) is 105 Å². The molecule has 0 bridgehead atoms. The van der Waals surface area contributed by atoms with E-state index in [0.717, 1.165) is 41.7 Å². The molecule has 0 aliphatic carbocycles. The molecule has 1 saturated heterocycles. The van der Waals surface area contributed by atoms with E-state index in [9.17, 15) is 111 Å². The number of H-pyrrole nitrogens is 5. The van der Waals surface area contributed by atoms with Gasteiger partial charge in [-0.1, -0.05) is 74.5 Å². The summed E-state index contributed by atoms with van der Waals surface area (Å²) in [5, 5.41) is 92.8. The van der Waals surface area contributed by atoms with Crippen LogP contribution in [0.5, 0.6) is 17.5 Å². The van der Waals surface area contributed by atoms with Crippen molar-refractivity contribution in [1.29, 1.82) is 0 Å². The summed E-state index contributed by atoms with van der Waals surface area (Å²) in [6.07, 6.45) is 12.8. The zero-order chi connectivity index (χ0) is 111. The van der Waals surface area contributed by atoms with Crippen LogP contribution in [0.4, 0.5) is 14.7 Å². The third-order valence-electron chi connectivity index (χ3n) is 18.7. The molecule has 10 amide bonds. The third kappa shape index (κ3) is 39.3. The molecule has 0 radical (unpaired) electrons. The molecular formula is C88H99N27O30S4. The van der Waals surface area contributed by atoms with E-state index in [1.807, 2.05) is 49.2 Å². The van der Waals surface area contributed by atoms with Gasteiger partial charge in [0.25, 0.3) is 22.2 Å². The number of fused-ring (bicyclic) bond motifs is 2. The topological polar surface area (TPSA) is 851 Å². The Hall–Kier alpha value is -19.1. The van der Waals surface area contributed by atoms with E-state index >= 15 is 0 Å². The van der Waals surface area contributed by atoms with Gasteiger partial charge in [-0.15, -0.1) is 34.0 Å². The van der Waals surface area contributed by atoms with Gasteiger partial charge in [0, 0.05) is 86.5 Å². The molecule has 9 aromatic heterocycles. The molecule has 61 heteroatoms. The number of aliphatic carboxylic acids is 3. The lowest BCUT2D eigenvalue weighted by molar-refractivity contribution is -0.137. The van der Waals surface area contributed by atoms with Gasteiger partial charge in [0.1, 0.15) is 54.3 Å². The van der Waals surface area contributed by atoms with E-state index in [1.165, 1.54) is 124 Å². The second kappa shape index (κ2) is 57.3.